The van der Waals surface area contributed by atoms with Gasteiger partial charge in [-0.15, -0.1) is 0 Å². The monoisotopic (exact) mass is 473 g/mol. The number of rotatable bonds is 7. The molecule has 2 unspecified atom stereocenters. The average Bonchev–Trinajstić information content (AvgIpc) is 2.78. The summed E-state index contributed by atoms with van der Waals surface area (Å²) in [6.45, 7) is -0.580. The molecule has 1 fully saturated rings. The number of pyridine rings is 1. The Morgan fingerprint density at radius 2 is 2.03 bits per heavy atom. The van der Waals surface area contributed by atoms with Gasteiger partial charge < -0.3 is 30.3 Å². The summed E-state index contributed by atoms with van der Waals surface area (Å²) in [5.74, 6) is -1.90. The summed E-state index contributed by atoms with van der Waals surface area (Å²) >= 11 is 0. The van der Waals surface area contributed by atoms with E-state index < -0.39 is 42.5 Å². The number of nitrogens with two attached hydrogens (primary N) is 1. The molecule has 1 aliphatic heterocycles. The topological polar surface area (TPSA) is 118 Å². The van der Waals surface area contributed by atoms with Crippen LogP contribution in [-0.4, -0.2) is 59.6 Å². The largest absolute Gasteiger partial charge is 0.494 e. The highest BCUT2D eigenvalue weighted by molar-refractivity contribution is 5.67. The summed E-state index contributed by atoms with van der Waals surface area (Å²) in [7, 11) is 1.19. The molecule has 1 amide bonds. The SMILES string of the molecule is COc1cc(F)c(-c2cc(CO)c(N3CCCC(OC(N)=O)(C(O)C(F)F)C3)cn2)cc1F. The number of alkyl halides is 2. The lowest BCUT2D eigenvalue weighted by atomic mass is 9.86. The van der Waals surface area contributed by atoms with Crippen molar-refractivity contribution in [1.29, 1.82) is 0 Å². The maximum atomic E-state index is 14.5. The van der Waals surface area contributed by atoms with E-state index in [1.165, 1.54) is 24.3 Å². The number of carbonyl (C=O) groups excluding carboxylic acids is 1. The number of hydrogen-bond acceptors (Lipinski definition) is 7. The van der Waals surface area contributed by atoms with Crippen LogP contribution in [0.3, 0.4) is 0 Å². The quantitative estimate of drug-likeness (QED) is 0.529. The van der Waals surface area contributed by atoms with Crippen LogP contribution < -0.4 is 15.4 Å². The van der Waals surface area contributed by atoms with Crippen molar-refractivity contribution in [2.45, 2.75) is 37.6 Å². The summed E-state index contributed by atoms with van der Waals surface area (Å²) in [6, 6.07) is 3.10. The number of aliphatic hydroxyl groups is 2. The molecule has 0 bridgehead atoms. The molecule has 2 aromatic rings. The van der Waals surface area contributed by atoms with Gasteiger partial charge in [0.15, 0.2) is 23.3 Å². The Hall–Kier alpha value is -3.12. The maximum absolute atomic E-state index is 14.5. The molecule has 0 saturated carbocycles. The van der Waals surface area contributed by atoms with E-state index in [1.54, 1.807) is 0 Å². The molecule has 1 aromatic heterocycles. The minimum atomic E-state index is -3.20. The minimum Gasteiger partial charge on any atom is -0.494 e. The molecular formula is C21H23F4N3O5. The van der Waals surface area contributed by atoms with Gasteiger partial charge in [-0.2, -0.15) is 0 Å². The van der Waals surface area contributed by atoms with E-state index in [2.05, 4.69) is 4.98 Å². The fourth-order valence-corrected chi connectivity index (χ4v) is 4.00. The van der Waals surface area contributed by atoms with Crippen LogP contribution >= 0.6 is 0 Å². The molecule has 33 heavy (non-hydrogen) atoms. The Bertz CT molecular complexity index is 1030. The first-order valence-corrected chi connectivity index (χ1v) is 9.94. The number of methoxy groups -OCH3 is 1. The summed E-state index contributed by atoms with van der Waals surface area (Å²) in [5.41, 5.74) is 3.44. The van der Waals surface area contributed by atoms with E-state index in [9.17, 15) is 32.6 Å². The third-order valence-electron chi connectivity index (χ3n) is 5.56. The lowest BCUT2D eigenvalue weighted by Crippen LogP contribution is -2.60. The Labute approximate surface area is 186 Å². The number of primary amides is 1. The van der Waals surface area contributed by atoms with Gasteiger partial charge in [0.25, 0.3) is 6.43 Å². The molecule has 4 N–H and O–H groups in total. The Balaban J connectivity index is 1.98. The number of aromatic nitrogens is 1. The number of benzene rings is 1. The van der Waals surface area contributed by atoms with Crippen molar-refractivity contribution < 1.29 is 42.0 Å². The zero-order valence-electron chi connectivity index (χ0n) is 17.6. The van der Waals surface area contributed by atoms with Crippen LogP contribution in [0.4, 0.5) is 28.0 Å². The summed E-state index contributed by atoms with van der Waals surface area (Å²) in [6.07, 6.45) is -5.36. The third kappa shape index (κ3) is 4.96. The molecule has 2 heterocycles. The highest BCUT2D eigenvalue weighted by atomic mass is 19.3. The Kier molecular flexibility index (Phi) is 7.28. The van der Waals surface area contributed by atoms with Crippen LogP contribution in [0, 0.1) is 11.6 Å². The normalized spacial score (nSPS) is 19.5. The predicted molar refractivity (Wildman–Crippen MR) is 109 cm³/mol. The highest BCUT2D eigenvalue weighted by Gasteiger charge is 2.49. The second kappa shape index (κ2) is 9.79. The van der Waals surface area contributed by atoms with Gasteiger partial charge in [-0.1, -0.05) is 0 Å². The van der Waals surface area contributed by atoms with E-state index in [1.807, 2.05) is 0 Å². The molecule has 0 aliphatic carbocycles. The van der Waals surface area contributed by atoms with Gasteiger partial charge in [0.05, 0.1) is 37.8 Å². The van der Waals surface area contributed by atoms with Crippen LogP contribution in [0.5, 0.6) is 5.75 Å². The van der Waals surface area contributed by atoms with Gasteiger partial charge in [-0.25, -0.2) is 22.4 Å². The number of halogens is 4. The van der Waals surface area contributed by atoms with Crippen molar-refractivity contribution in [3.05, 3.63) is 41.6 Å². The molecule has 1 saturated heterocycles. The first kappa shape index (κ1) is 24.5. The molecule has 3 rings (SSSR count). The van der Waals surface area contributed by atoms with Crippen molar-refractivity contribution in [1.82, 2.24) is 4.98 Å². The van der Waals surface area contributed by atoms with Gasteiger partial charge in [-0.3, -0.25) is 4.98 Å². The number of piperidine rings is 1. The number of ether oxygens (including phenoxy) is 2. The molecular weight excluding hydrogens is 450 g/mol. The third-order valence-corrected chi connectivity index (χ3v) is 5.56. The number of aliphatic hydroxyl groups excluding tert-OH is 2. The van der Waals surface area contributed by atoms with Crippen LogP contribution in [0.2, 0.25) is 0 Å². The molecule has 8 nitrogen and oxygen atoms in total. The van der Waals surface area contributed by atoms with Crippen molar-refractivity contribution in [3.63, 3.8) is 0 Å². The van der Waals surface area contributed by atoms with Gasteiger partial charge in [0, 0.05) is 23.7 Å². The fraction of sp³-hybridized carbons (Fsp3) is 0.429. The first-order valence-electron chi connectivity index (χ1n) is 9.94. The molecule has 0 spiro atoms. The van der Waals surface area contributed by atoms with Gasteiger partial charge in [-0.05, 0) is 25.0 Å². The maximum Gasteiger partial charge on any atom is 0.405 e. The Morgan fingerprint density at radius 3 is 2.64 bits per heavy atom. The van der Waals surface area contributed by atoms with Crippen LogP contribution in [0.15, 0.2) is 24.4 Å². The lowest BCUT2D eigenvalue weighted by Gasteiger charge is -2.45. The van der Waals surface area contributed by atoms with Crippen molar-refractivity contribution in [3.8, 4) is 17.0 Å². The standard InChI is InChI=1S/C21H23F4N3O5/c1-32-17-7-13(22)12(6-14(17)23)15-5-11(9-29)16(8-27-15)28-4-2-3-21(10-28,33-20(26)31)18(30)19(24)25/h5-8,18-19,29-30H,2-4,9-10H2,1H3,(H2,26,31). The second-order valence-corrected chi connectivity index (χ2v) is 7.61. The van der Waals surface area contributed by atoms with Crippen LogP contribution in [0.1, 0.15) is 18.4 Å². The number of hydrogen-bond donors (Lipinski definition) is 3. The number of nitrogens with zero attached hydrogens (tertiary/aromatic N) is 2. The summed E-state index contributed by atoms with van der Waals surface area (Å²) in [4.78, 5) is 17.0. The number of carbonyl (C=O) groups is 1. The van der Waals surface area contributed by atoms with Gasteiger partial charge in [0.1, 0.15) is 5.82 Å². The smallest absolute Gasteiger partial charge is 0.405 e. The molecule has 180 valence electrons. The molecule has 12 heteroatoms. The van der Waals surface area contributed by atoms with E-state index in [4.69, 9.17) is 15.2 Å². The molecule has 1 aliphatic rings. The van der Waals surface area contributed by atoms with Crippen LogP contribution in [0.25, 0.3) is 11.3 Å². The lowest BCUT2D eigenvalue weighted by molar-refractivity contribution is -0.141. The van der Waals surface area contributed by atoms with Crippen molar-refractivity contribution >= 4 is 11.8 Å². The van der Waals surface area contributed by atoms with E-state index in [0.717, 1.165) is 12.1 Å². The molecule has 1 aromatic carbocycles. The summed E-state index contributed by atoms with van der Waals surface area (Å²) in [5, 5.41) is 20.0. The minimum absolute atomic E-state index is 0.0196. The zero-order chi connectivity index (χ0) is 24.3. The number of anilines is 1. The van der Waals surface area contributed by atoms with Gasteiger partial charge >= 0.3 is 6.09 Å². The van der Waals surface area contributed by atoms with E-state index >= 15 is 0 Å². The highest BCUT2D eigenvalue weighted by Crippen LogP contribution is 2.36. The van der Waals surface area contributed by atoms with Crippen molar-refractivity contribution in [2.75, 3.05) is 25.1 Å². The Morgan fingerprint density at radius 1 is 1.30 bits per heavy atom. The first-order chi connectivity index (χ1) is 15.6. The van der Waals surface area contributed by atoms with Crippen LogP contribution in [-0.2, 0) is 11.3 Å². The second-order valence-electron chi connectivity index (χ2n) is 7.61. The molecule has 2 atom stereocenters. The fourth-order valence-electron chi connectivity index (χ4n) is 4.00. The van der Waals surface area contributed by atoms with E-state index in [0.29, 0.717) is 6.54 Å². The van der Waals surface area contributed by atoms with Gasteiger partial charge in [0.2, 0.25) is 0 Å². The average molecular weight is 473 g/mol. The molecule has 0 radical (unpaired) electrons. The van der Waals surface area contributed by atoms with E-state index in [-0.39, 0.29) is 47.6 Å². The zero-order valence-corrected chi connectivity index (χ0v) is 17.6. The van der Waals surface area contributed by atoms with Crippen molar-refractivity contribution in [2.24, 2.45) is 5.73 Å². The summed E-state index contributed by atoms with van der Waals surface area (Å²) < 4.78 is 64.9. The predicted octanol–water partition coefficient (Wildman–Crippen LogP) is 2.59. The number of amides is 1.